The Bertz CT molecular complexity index is 575. The van der Waals surface area contributed by atoms with Crippen molar-refractivity contribution in [1.29, 1.82) is 0 Å². The summed E-state index contributed by atoms with van der Waals surface area (Å²) < 4.78 is 13.2. The SMILES string of the molecule is COC(=O)C=CC(=O)OCC(=O)OC(=O)Cc1ccccc1. The molecule has 7 nitrogen and oxygen atoms in total. The van der Waals surface area contributed by atoms with E-state index in [-0.39, 0.29) is 6.42 Å². The second-order valence-electron chi connectivity index (χ2n) is 3.97. The maximum Gasteiger partial charge on any atom is 0.351 e. The van der Waals surface area contributed by atoms with E-state index in [1.54, 1.807) is 30.3 Å². The number of carbonyl (C=O) groups excluding carboxylic acids is 4. The molecule has 0 atom stereocenters. The van der Waals surface area contributed by atoms with Crippen molar-refractivity contribution in [3.63, 3.8) is 0 Å². The van der Waals surface area contributed by atoms with E-state index in [1.165, 1.54) is 0 Å². The van der Waals surface area contributed by atoms with Gasteiger partial charge in [0.25, 0.3) is 0 Å². The summed E-state index contributed by atoms with van der Waals surface area (Å²) in [6.45, 7) is -0.731. The Morgan fingerprint density at radius 1 is 0.955 bits per heavy atom. The quantitative estimate of drug-likeness (QED) is 0.328. The van der Waals surface area contributed by atoms with Crippen LogP contribution in [-0.4, -0.2) is 37.6 Å². The number of rotatable bonds is 6. The summed E-state index contributed by atoms with van der Waals surface area (Å²) in [4.78, 5) is 44.6. The van der Waals surface area contributed by atoms with Gasteiger partial charge in [0.1, 0.15) is 0 Å². The fourth-order valence-electron chi connectivity index (χ4n) is 1.34. The molecule has 0 spiro atoms. The zero-order chi connectivity index (χ0) is 16.4. The Morgan fingerprint density at radius 3 is 2.23 bits per heavy atom. The van der Waals surface area contributed by atoms with Gasteiger partial charge in [-0.1, -0.05) is 30.3 Å². The van der Waals surface area contributed by atoms with Crippen LogP contribution in [-0.2, 0) is 39.8 Å². The molecule has 0 saturated carbocycles. The summed E-state index contributed by atoms with van der Waals surface area (Å²) in [5.74, 6) is -3.42. The molecule has 22 heavy (non-hydrogen) atoms. The number of hydrogen-bond acceptors (Lipinski definition) is 7. The van der Waals surface area contributed by atoms with Crippen molar-refractivity contribution in [3.05, 3.63) is 48.0 Å². The van der Waals surface area contributed by atoms with Crippen LogP contribution in [0.3, 0.4) is 0 Å². The van der Waals surface area contributed by atoms with Crippen molar-refractivity contribution in [3.8, 4) is 0 Å². The van der Waals surface area contributed by atoms with Crippen molar-refractivity contribution in [2.75, 3.05) is 13.7 Å². The lowest BCUT2D eigenvalue weighted by atomic mass is 10.2. The Labute approximate surface area is 126 Å². The number of ether oxygens (including phenoxy) is 3. The first-order chi connectivity index (χ1) is 10.5. The molecule has 1 aromatic carbocycles. The molecule has 0 amide bonds. The Kier molecular flexibility index (Phi) is 7.04. The number of methoxy groups -OCH3 is 1. The summed E-state index contributed by atoms with van der Waals surface area (Å²) in [5, 5.41) is 0. The lowest BCUT2D eigenvalue weighted by Gasteiger charge is -2.03. The van der Waals surface area contributed by atoms with Crippen molar-refractivity contribution in [2.45, 2.75) is 6.42 Å². The Balaban J connectivity index is 2.31. The molecule has 0 unspecified atom stereocenters. The fourth-order valence-corrected chi connectivity index (χ4v) is 1.34. The highest BCUT2D eigenvalue weighted by atomic mass is 16.6. The molecule has 0 aliphatic rings. The van der Waals surface area contributed by atoms with E-state index in [9.17, 15) is 19.2 Å². The van der Waals surface area contributed by atoms with Crippen LogP contribution in [0, 0.1) is 0 Å². The van der Waals surface area contributed by atoms with E-state index in [0.717, 1.165) is 19.3 Å². The minimum atomic E-state index is -0.999. The van der Waals surface area contributed by atoms with E-state index in [1.807, 2.05) is 0 Å². The third-order valence-corrected chi connectivity index (χ3v) is 2.31. The average Bonchev–Trinajstić information content (AvgIpc) is 2.51. The van der Waals surface area contributed by atoms with Crippen LogP contribution in [0.2, 0.25) is 0 Å². The molecule has 1 aromatic rings. The monoisotopic (exact) mass is 306 g/mol. The summed E-state index contributed by atoms with van der Waals surface area (Å²) in [6, 6.07) is 8.72. The molecular formula is C15H14O7. The third kappa shape index (κ3) is 6.99. The van der Waals surface area contributed by atoms with E-state index in [0.29, 0.717) is 5.56 Å². The molecule has 116 valence electrons. The summed E-state index contributed by atoms with van der Waals surface area (Å²) in [7, 11) is 1.15. The molecule has 0 N–H and O–H groups in total. The van der Waals surface area contributed by atoms with E-state index >= 15 is 0 Å². The number of esters is 4. The van der Waals surface area contributed by atoms with Crippen LogP contribution in [0.5, 0.6) is 0 Å². The molecule has 0 radical (unpaired) electrons. The van der Waals surface area contributed by atoms with Gasteiger partial charge in [-0.3, -0.25) is 4.79 Å². The van der Waals surface area contributed by atoms with Gasteiger partial charge in [0.05, 0.1) is 13.5 Å². The Morgan fingerprint density at radius 2 is 1.59 bits per heavy atom. The highest BCUT2D eigenvalue weighted by Gasteiger charge is 2.13. The number of hydrogen-bond donors (Lipinski definition) is 0. The molecule has 0 aromatic heterocycles. The molecule has 0 aliphatic carbocycles. The van der Waals surface area contributed by atoms with Crippen LogP contribution >= 0.6 is 0 Å². The first kappa shape index (κ1) is 17.1. The van der Waals surface area contributed by atoms with Crippen molar-refractivity contribution >= 4 is 23.9 Å². The molecule has 0 aliphatic heterocycles. The van der Waals surface area contributed by atoms with Gasteiger partial charge >= 0.3 is 23.9 Å². The van der Waals surface area contributed by atoms with Gasteiger partial charge in [0.2, 0.25) is 0 Å². The summed E-state index contributed by atoms with van der Waals surface area (Å²) in [6.07, 6.45) is 1.57. The molecule has 0 bridgehead atoms. The number of benzene rings is 1. The van der Waals surface area contributed by atoms with Gasteiger partial charge in [-0.25, -0.2) is 14.4 Å². The van der Waals surface area contributed by atoms with Crippen LogP contribution in [0.4, 0.5) is 0 Å². The van der Waals surface area contributed by atoms with Crippen molar-refractivity contribution in [1.82, 2.24) is 0 Å². The highest BCUT2D eigenvalue weighted by Crippen LogP contribution is 2.01. The minimum Gasteiger partial charge on any atom is -0.466 e. The Hall–Kier alpha value is -2.96. The van der Waals surface area contributed by atoms with Crippen LogP contribution in [0.25, 0.3) is 0 Å². The van der Waals surface area contributed by atoms with Crippen molar-refractivity contribution < 1.29 is 33.4 Å². The van der Waals surface area contributed by atoms with Crippen molar-refractivity contribution in [2.24, 2.45) is 0 Å². The van der Waals surface area contributed by atoms with Gasteiger partial charge < -0.3 is 14.2 Å². The number of carbonyl (C=O) groups is 4. The van der Waals surface area contributed by atoms with Gasteiger partial charge in [-0.05, 0) is 5.56 Å². The van der Waals surface area contributed by atoms with Gasteiger partial charge in [-0.15, -0.1) is 0 Å². The second-order valence-corrected chi connectivity index (χ2v) is 3.97. The third-order valence-electron chi connectivity index (χ3n) is 2.31. The summed E-state index contributed by atoms with van der Waals surface area (Å²) in [5.41, 5.74) is 0.693. The van der Waals surface area contributed by atoms with Gasteiger partial charge in [0, 0.05) is 12.2 Å². The topological polar surface area (TPSA) is 96.0 Å². The molecule has 1 rings (SSSR count). The smallest absolute Gasteiger partial charge is 0.351 e. The van der Waals surface area contributed by atoms with Gasteiger partial charge in [0.15, 0.2) is 6.61 Å². The van der Waals surface area contributed by atoms with E-state index < -0.39 is 30.5 Å². The standard InChI is InChI=1S/C15H14O7/c1-20-12(16)7-8-13(17)21-10-15(19)22-14(18)9-11-5-3-2-4-6-11/h2-8H,9-10H2,1H3. The zero-order valence-electron chi connectivity index (χ0n) is 11.8. The van der Waals surface area contributed by atoms with Crippen LogP contribution in [0.15, 0.2) is 42.5 Å². The fraction of sp³-hybridized carbons (Fsp3) is 0.200. The lowest BCUT2D eigenvalue weighted by molar-refractivity contribution is -0.165. The molecule has 7 heteroatoms. The largest absolute Gasteiger partial charge is 0.466 e. The first-order valence-corrected chi connectivity index (χ1v) is 6.21. The maximum absolute atomic E-state index is 11.5. The van der Waals surface area contributed by atoms with Gasteiger partial charge in [-0.2, -0.15) is 0 Å². The van der Waals surface area contributed by atoms with Crippen LogP contribution in [0.1, 0.15) is 5.56 Å². The average molecular weight is 306 g/mol. The lowest BCUT2D eigenvalue weighted by Crippen LogP contribution is -2.20. The molecule has 0 heterocycles. The maximum atomic E-state index is 11.5. The van der Waals surface area contributed by atoms with Crippen LogP contribution < -0.4 is 0 Å². The first-order valence-electron chi connectivity index (χ1n) is 6.21. The molecule has 0 fully saturated rings. The predicted octanol–water partition coefficient (Wildman–Crippen LogP) is 0.571. The predicted molar refractivity (Wildman–Crippen MR) is 73.4 cm³/mol. The summed E-state index contributed by atoms with van der Waals surface area (Å²) >= 11 is 0. The van der Waals surface area contributed by atoms with E-state index in [2.05, 4.69) is 14.2 Å². The normalized spacial score (nSPS) is 10.0. The van der Waals surface area contributed by atoms with E-state index in [4.69, 9.17) is 0 Å². The molecular weight excluding hydrogens is 292 g/mol. The molecule has 0 saturated heterocycles. The highest BCUT2D eigenvalue weighted by molar-refractivity contribution is 5.93. The minimum absolute atomic E-state index is 0.0667. The second kappa shape index (κ2) is 9.06. The zero-order valence-corrected chi connectivity index (χ0v) is 11.8.